The van der Waals surface area contributed by atoms with E-state index >= 15 is 0 Å². The van der Waals surface area contributed by atoms with Crippen molar-refractivity contribution in [2.24, 2.45) is 28.9 Å². The minimum Gasteiger partial charge on any atom is -0.610 e. The van der Waals surface area contributed by atoms with E-state index in [1.807, 2.05) is 12.1 Å². The van der Waals surface area contributed by atoms with Crippen LogP contribution in [0.25, 0.3) is 0 Å². The summed E-state index contributed by atoms with van der Waals surface area (Å²) in [7, 11) is 0. The fourth-order valence-electron chi connectivity index (χ4n) is 6.40. The fraction of sp³-hybridized carbons (Fsp3) is 0.565. The molecular weight excluding hydrogens is 422 g/mol. The molecule has 0 saturated heterocycles. The van der Waals surface area contributed by atoms with Crippen LogP contribution < -0.4 is 16.4 Å². The van der Waals surface area contributed by atoms with Gasteiger partial charge in [0, 0.05) is 42.1 Å². The molecule has 4 saturated carbocycles. The summed E-state index contributed by atoms with van der Waals surface area (Å²) in [4.78, 5) is 13.1. The lowest BCUT2D eigenvalue weighted by atomic mass is 9.48. The van der Waals surface area contributed by atoms with Crippen molar-refractivity contribution in [1.29, 1.82) is 5.26 Å². The molecule has 4 aliphatic rings. The van der Waals surface area contributed by atoms with E-state index in [4.69, 9.17) is 5.73 Å². The molecule has 0 aromatic carbocycles. The quantitative estimate of drug-likeness (QED) is 0.547. The number of anilines is 2. The number of nitrogens with zero attached hydrogens (tertiary/aromatic N) is 4. The second-order valence-electron chi connectivity index (χ2n) is 9.74. The molecule has 32 heavy (non-hydrogen) atoms. The Morgan fingerprint density at radius 3 is 2.75 bits per heavy atom. The fourth-order valence-corrected chi connectivity index (χ4v) is 7.11. The van der Waals surface area contributed by atoms with Gasteiger partial charge >= 0.3 is 0 Å². The highest BCUT2D eigenvalue weighted by molar-refractivity contribution is 7.90. The lowest BCUT2D eigenvalue weighted by Gasteiger charge is -2.59. The van der Waals surface area contributed by atoms with Gasteiger partial charge in [0.25, 0.3) is 0 Å². The lowest BCUT2D eigenvalue weighted by molar-refractivity contribution is -0.0591. The number of nitrogens with two attached hydrogens (primary N) is 1. The molecule has 2 aromatic heterocycles. The number of hydrogen-bond donors (Lipinski definition) is 3. The molecule has 6 atom stereocenters. The second kappa shape index (κ2) is 8.50. The first-order valence-corrected chi connectivity index (χ1v) is 12.8. The first kappa shape index (κ1) is 21.4. The van der Waals surface area contributed by atoms with E-state index in [-0.39, 0.29) is 5.41 Å². The highest BCUT2D eigenvalue weighted by Crippen LogP contribution is 2.59. The van der Waals surface area contributed by atoms with Crippen LogP contribution in [-0.2, 0) is 17.7 Å². The van der Waals surface area contributed by atoms with Crippen molar-refractivity contribution in [2.45, 2.75) is 49.7 Å². The Kier molecular flexibility index (Phi) is 5.70. The third kappa shape index (κ3) is 4.03. The van der Waals surface area contributed by atoms with Crippen molar-refractivity contribution in [1.82, 2.24) is 15.0 Å². The molecule has 9 heteroatoms. The van der Waals surface area contributed by atoms with Crippen LogP contribution in [0.4, 0.5) is 11.8 Å². The molecule has 2 aromatic rings. The van der Waals surface area contributed by atoms with Crippen LogP contribution in [0.5, 0.6) is 0 Å². The summed E-state index contributed by atoms with van der Waals surface area (Å²) < 4.78 is 11.9. The van der Waals surface area contributed by atoms with Gasteiger partial charge < -0.3 is 20.9 Å². The molecule has 4 aliphatic carbocycles. The summed E-state index contributed by atoms with van der Waals surface area (Å²) >= 11 is -1.18. The van der Waals surface area contributed by atoms with Crippen LogP contribution in [0.3, 0.4) is 0 Å². The summed E-state index contributed by atoms with van der Waals surface area (Å²) in [6.07, 6.45) is 11.0. The molecule has 6 rings (SSSR count). The molecule has 168 valence electrons. The first-order chi connectivity index (χ1) is 15.5. The summed E-state index contributed by atoms with van der Waals surface area (Å²) in [6, 6.07) is 6.26. The van der Waals surface area contributed by atoms with Gasteiger partial charge in [-0.3, -0.25) is 0 Å². The van der Waals surface area contributed by atoms with Gasteiger partial charge in [-0.25, -0.2) is 9.97 Å². The van der Waals surface area contributed by atoms with Crippen LogP contribution in [0, 0.1) is 34.5 Å². The molecule has 4 N–H and O–H groups in total. The van der Waals surface area contributed by atoms with Crippen molar-refractivity contribution in [3.63, 3.8) is 0 Å². The van der Waals surface area contributed by atoms with Crippen LogP contribution in [0.2, 0.25) is 0 Å². The number of pyridine rings is 1. The van der Waals surface area contributed by atoms with E-state index in [0.717, 1.165) is 18.0 Å². The van der Waals surface area contributed by atoms with Crippen LogP contribution in [0.1, 0.15) is 43.2 Å². The van der Waals surface area contributed by atoms with Crippen LogP contribution in [-0.4, -0.2) is 38.3 Å². The lowest BCUT2D eigenvalue weighted by Crippen LogP contribution is -2.58. The van der Waals surface area contributed by atoms with Gasteiger partial charge in [0.05, 0.1) is 6.20 Å². The molecule has 0 amide bonds. The monoisotopic (exact) mass is 451 g/mol. The smallest absolute Gasteiger partial charge is 0.249 e. The predicted octanol–water partition coefficient (Wildman–Crippen LogP) is 2.66. The van der Waals surface area contributed by atoms with Crippen LogP contribution in [0.15, 0.2) is 29.6 Å². The molecule has 0 spiro atoms. The van der Waals surface area contributed by atoms with Gasteiger partial charge in [0.2, 0.25) is 11.0 Å². The first-order valence-electron chi connectivity index (χ1n) is 11.2. The molecule has 2 unspecified atom stereocenters. The number of rotatable bonds is 7. The van der Waals surface area contributed by atoms with Gasteiger partial charge in [-0.2, -0.15) is 10.2 Å². The summed E-state index contributed by atoms with van der Waals surface area (Å²) in [5, 5.41) is 16.8. The van der Waals surface area contributed by atoms with Gasteiger partial charge in [0.1, 0.15) is 23.7 Å². The molecule has 2 heterocycles. The van der Waals surface area contributed by atoms with E-state index in [9.17, 15) is 9.81 Å². The van der Waals surface area contributed by atoms with E-state index in [0.29, 0.717) is 46.8 Å². The Balaban J connectivity index is 1.29. The van der Waals surface area contributed by atoms with Gasteiger partial charge in [-0.1, -0.05) is 0 Å². The second-order valence-corrected chi connectivity index (χ2v) is 11.0. The molecule has 8 nitrogen and oxygen atoms in total. The number of hydrogen-bond acceptors (Lipinski definition) is 8. The van der Waals surface area contributed by atoms with E-state index in [1.165, 1.54) is 32.1 Å². The standard InChI is InChI=1S/C23H29N7OS/c1-32(31)21-15(3-2-4-26-21)11-27-22-28-12-18(10-24)20(30-22)29-13-23-7-14-5-16(8-23)19(25)17(6-14)9-23/h2-4,12,14,16-17,19H,5-9,11,13,25H2,1H3,(H2,27,28,29,30)/t14?,16-,17+,19-,23-,32?. The number of nitrogens with one attached hydrogen (secondary N) is 2. The topological polar surface area (TPSA) is 136 Å². The van der Waals surface area contributed by atoms with Gasteiger partial charge in [-0.05, 0) is 67.4 Å². The highest BCUT2D eigenvalue weighted by atomic mass is 32.2. The van der Waals surface area contributed by atoms with Crippen molar-refractivity contribution >= 4 is 22.9 Å². The zero-order valence-electron chi connectivity index (χ0n) is 18.3. The Bertz CT molecular complexity index is 1020. The Morgan fingerprint density at radius 1 is 1.25 bits per heavy atom. The van der Waals surface area contributed by atoms with Crippen molar-refractivity contribution in [3.05, 3.63) is 35.7 Å². The number of aromatic nitrogens is 3. The van der Waals surface area contributed by atoms with Crippen LogP contribution >= 0.6 is 0 Å². The predicted molar refractivity (Wildman–Crippen MR) is 123 cm³/mol. The Labute approximate surface area is 191 Å². The van der Waals surface area contributed by atoms with Crippen molar-refractivity contribution in [3.8, 4) is 6.07 Å². The zero-order chi connectivity index (χ0) is 22.3. The van der Waals surface area contributed by atoms with E-state index in [2.05, 4.69) is 31.7 Å². The summed E-state index contributed by atoms with van der Waals surface area (Å²) in [6.45, 7) is 1.22. The third-order valence-corrected chi connectivity index (χ3v) is 8.48. The molecular formula is C23H29N7OS. The largest absolute Gasteiger partial charge is 0.610 e. The summed E-state index contributed by atoms with van der Waals surface area (Å²) in [5.41, 5.74) is 8.02. The van der Waals surface area contributed by atoms with Gasteiger partial charge in [0.15, 0.2) is 0 Å². The summed E-state index contributed by atoms with van der Waals surface area (Å²) in [5.74, 6) is 3.06. The Morgan fingerprint density at radius 2 is 2.03 bits per heavy atom. The average molecular weight is 452 g/mol. The highest BCUT2D eigenvalue weighted by Gasteiger charge is 2.54. The molecule has 4 bridgehead atoms. The average Bonchev–Trinajstić information content (AvgIpc) is 2.79. The van der Waals surface area contributed by atoms with E-state index in [1.54, 1.807) is 18.6 Å². The van der Waals surface area contributed by atoms with Crippen molar-refractivity contribution in [2.75, 3.05) is 23.4 Å². The molecule has 0 aliphatic heterocycles. The minimum absolute atomic E-state index is 0.257. The maximum absolute atomic E-state index is 11.9. The normalized spacial score (nSPS) is 31.2. The van der Waals surface area contributed by atoms with Crippen molar-refractivity contribution < 1.29 is 4.55 Å². The number of nitriles is 1. The molecule has 4 fully saturated rings. The van der Waals surface area contributed by atoms with Gasteiger partial charge in [-0.15, -0.1) is 0 Å². The third-order valence-electron chi connectivity index (χ3n) is 7.57. The maximum Gasteiger partial charge on any atom is 0.249 e. The SMILES string of the molecule is C[S+]([O-])c1ncccc1CNc1ncc(C#N)c(NC[C@]23CC4C[C@H](C2)[C@@H](N)[C@@H](C4)C3)n1. The maximum atomic E-state index is 11.9. The van der Waals surface area contributed by atoms with E-state index < -0.39 is 11.2 Å². The molecule has 0 radical (unpaired) electrons. The minimum atomic E-state index is -1.18. The Hall–Kier alpha value is -2.41. The zero-order valence-corrected chi connectivity index (χ0v) is 19.1.